The molecule has 0 bridgehead atoms. The van der Waals surface area contributed by atoms with E-state index in [4.69, 9.17) is 0 Å². The molecule has 1 fully saturated rings. The minimum absolute atomic E-state index is 0.208. The van der Waals surface area contributed by atoms with Crippen molar-refractivity contribution in [1.29, 1.82) is 0 Å². The summed E-state index contributed by atoms with van der Waals surface area (Å²) in [6, 6.07) is 17.4. The summed E-state index contributed by atoms with van der Waals surface area (Å²) in [7, 11) is 0. The first-order chi connectivity index (χ1) is 14.0. The Kier molecular flexibility index (Phi) is 5.27. The highest BCUT2D eigenvalue weighted by Crippen LogP contribution is 2.36. The lowest BCUT2D eigenvalue weighted by Crippen LogP contribution is -2.39. The average Bonchev–Trinajstić information content (AvgIpc) is 2.99. The minimum atomic E-state index is -0.230. The van der Waals surface area contributed by atoms with Crippen LogP contribution in [0.25, 0.3) is 5.57 Å². The molecule has 2 aliphatic rings. The summed E-state index contributed by atoms with van der Waals surface area (Å²) in [6.45, 7) is 8.09. The molecule has 0 aromatic heterocycles. The van der Waals surface area contributed by atoms with Crippen LogP contribution in [0.2, 0.25) is 0 Å². The summed E-state index contributed by atoms with van der Waals surface area (Å²) in [5.41, 5.74) is 3.71. The van der Waals surface area contributed by atoms with Crippen LogP contribution in [0.4, 0.5) is 5.69 Å². The van der Waals surface area contributed by atoms with Gasteiger partial charge in [-0.15, -0.1) is 0 Å². The molecule has 2 amide bonds. The van der Waals surface area contributed by atoms with E-state index in [9.17, 15) is 9.59 Å². The number of hydrogen-bond donors (Lipinski definition) is 0. The van der Waals surface area contributed by atoms with Crippen LogP contribution < -0.4 is 4.90 Å². The number of piperidine rings is 1. The number of anilines is 1. The fraction of sp³-hybridized carbons (Fsp3) is 0.360. The summed E-state index contributed by atoms with van der Waals surface area (Å²) in [5.74, 6) is 0.472. The third-order valence-corrected chi connectivity index (χ3v) is 5.91. The van der Waals surface area contributed by atoms with Gasteiger partial charge in [0.1, 0.15) is 5.70 Å². The van der Waals surface area contributed by atoms with Gasteiger partial charge in [-0.3, -0.25) is 9.59 Å². The number of nitrogens with zero attached hydrogens (tertiary/aromatic N) is 2. The Bertz CT molecular complexity index is 945. The van der Waals surface area contributed by atoms with E-state index >= 15 is 0 Å². The van der Waals surface area contributed by atoms with Gasteiger partial charge >= 0.3 is 0 Å². The Morgan fingerprint density at radius 1 is 0.931 bits per heavy atom. The van der Waals surface area contributed by atoms with Crippen molar-refractivity contribution < 1.29 is 9.59 Å². The normalized spacial score (nSPS) is 20.2. The third-order valence-electron chi connectivity index (χ3n) is 5.91. The molecule has 150 valence electrons. The van der Waals surface area contributed by atoms with Crippen molar-refractivity contribution in [3.05, 3.63) is 71.4 Å². The molecule has 1 atom stereocenters. The Morgan fingerprint density at radius 2 is 1.62 bits per heavy atom. The zero-order valence-corrected chi connectivity index (χ0v) is 17.4. The van der Waals surface area contributed by atoms with Crippen molar-refractivity contribution in [3.8, 4) is 0 Å². The Labute approximate surface area is 172 Å². The average molecular weight is 389 g/mol. The smallest absolute Gasteiger partial charge is 0.282 e. The first-order valence-corrected chi connectivity index (χ1v) is 10.5. The monoisotopic (exact) mass is 388 g/mol. The highest BCUT2D eigenvalue weighted by atomic mass is 16.2. The summed E-state index contributed by atoms with van der Waals surface area (Å²) in [6.07, 6.45) is 2.20. The molecule has 0 saturated carbocycles. The molecule has 2 aromatic carbocycles. The van der Waals surface area contributed by atoms with Gasteiger partial charge in [-0.1, -0.05) is 63.2 Å². The molecule has 2 aliphatic heterocycles. The highest BCUT2D eigenvalue weighted by Gasteiger charge is 2.43. The standard InChI is InChI=1S/C25H28N2O2/c1-17(2)19-11-13-21(14-12-19)27-24(28)22(20-9-5-4-6-10-20)23(25(27)29)26-15-7-8-18(3)16-26/h4-6,9-14,17-18H,7-8,15-16H2,1-3H3. The number of carbonyl (C=O) groups excluding carboxylic acids is 2. The molecule has 4 nitrogen and oxygen atoms in total. The molecule has 29 heavy (non-hydrogen) atoms. The van der Waals surface area contributed by atoms with Crippen LogP contribution in [0.3, 0.4) is 0 Å². The van der Waals surface area contributed by atoms with Crippen LogP contribution in [0.5, 0.6) is 0 Å². The van der Waals surface area contributed by atoms with Gasteiger partial charge in [0.15, 0.2) is 0 Å². The lowest BCUT2D eigenvalue weighted by atomic mass is 9.98. The van der Waals surface area contributed by atoms with Crippen molar-refractivity contribution in [3.63, 3.8) is 0 Å². The predicted octanol–water partition coefficient (Wildman–Crippen LogP) is 4.83. The van der Waals surface area contributed by atoms with Crippen LogP contribution in [-0.2, 0) is 9.59 Å². The summed E-state index contributed by atoms with van der Waals surface area (Å²) in [4.78, 5) is 30.5. The second-order valence-electron chi connectivity index (χ2n) is 8.47. The van der Waals surface area contributed by atoms with Crippen molar-refractivity contribution in [2.75, 3.05) is 18.0 Å². The van der Waals surface area contributed by atoms with Gasteiger partial charge in [0.25, 0.3) is 11.8 Å². The molecule has 0 radical (unpaired) electrons. The van der Waals surface area contributed by atoms with Crippen molar-refractivity contribution in [2.45, 2.75) is 39.5 Å². The molecule has 1 saturated heterocycles. The first-order valence-electron chi connectivity index (χ1n) is 10.5. The van der Waals surface area contributed by atoms with Crippen molar-refractivity contribution >= 4 is 23.1 Å². The van der Waals surface area contributed by atoms with E-state index in [0.717, 1.165) is 31.5 Å². The molecule has 2 aromatic rings. The topological polar surface area (TPSA) is 40.6 Å². The maximum absolute atomic E-state index is 13.5. The van der Waals surface area contributed by atoms with Gasteiger partial charge in [0.05, 0.1) is 11.3 Å². The number of carbonyl (C=O) groups is 2. The third kappa shape index (κ3) is 3.59. The molecule has 2 heterocycles. The van der Waals surface area contributed by atoms with Crippen molar-refractivity contribution in [2.24, 2.45) is 5.92 Å². The van der Waals surface area contributed by atoms with E-state index in [-0.39, 0.29) is 11.8 Å². The van der Waals surface area contributed by atoms with Crippen LogP contribution in [0.1, 0.15) is 50.7 Å². The largest absolute Gasteiger partial charge is 0.366 e. The number of benzene rings is 2. The summed E-state index contributed by atoms with van der Waals surface area (Å²) < 4.78 is 0. The zero-order valence-electron chi connectivity index (χ0n) is 17.4. The lowest BCUT2D eigenvalue weighted by Gasteiger charge is -2.33. The molecule has 1 unspecified atom stereocenters. The summed E-state index contributed by atoms with van der Waals surface area (Å²) >= 11 is 0. The molecule has 0 spiro atoms. The van der Waals surface area contributed by atoms with E-state index < -0.39 is 0 Å². The molecular formula is C25H28N2O2. The van der Waals surface area contributed by atoms with E-state index in [2.05, 4.69) is 25.7 Å². The van der Waals surface area contributed by atoms with E-state index in [1.165, 1.54) is 10.5 Å². The van der Waals surface area contributed by atoms with Crippen LogP contribution in [-0.4, -0.2) is 29.8 Å². The van der Waals surface area contributed by atoms with Crippen LogP contribution >= 0.6 is 0 Å². The molecule has 0 N–H and O–H groups in total. The van der Waals surface area contributed by atoms with E-state index in [0.29, 0.717) is 28.8 Å². The number of rotatable bonds is 4. The fourth-order valence-electron chi connectivity index (χ4n) is 4.31. The van der Waals surface area contributed by atoms with Crippen LogP contribution in [0, 0.1) is 5.92 Å². The molecule has 4 rings (SSSR count). The van der Waals surface area contributed by atoms with Gasteiger partial charge in [-0.2, -0.15) is 0 Å². The second kappa shape index (κ2) is 7.86. The summed E-state index contributed by atoms with van der Waals surface area (Å²) in [5, 5.41) is 0. The number of imide groups is 1. The first kappa shape index (κ1) is 19.4. The van der Waals surface area contributed by atoms with Crippen molar-refractivity contribution in [1.82, 2.24) is 4.90 Å². The van der Waals surface area contributed by atoms with Crippen LogP contribution in [0.15, 0.2) is 60.3 Å². The van der Waals surface area contributed by atoms with Gasteiger partial charge in [0.2, 0.25) is 0 Å². The maximum atomic E-state index is 13.5. The van der Waals surface area contributed by atoms with E-state index in [1.807, 2.05) is 54.6 Å². The van der Waals surface area contributed by atoms with Gasteiger partial charge in [-0.25, -0.2) is 4.90 Å². The Balaban J connectivity index is 1.77. The Hall–Kier alpha value is -2.88. The fourth-order valence-corrected chi connectivity index (χ4v) is 4.31. The van der Waals surface area contributed by atoms with Gasteiger partial charge in [-0.05, 0) is 47.9 Å². The quantitative estimate of drug-likeness (QED) is 0.705. The van der Waals surface area contributed by atoms with Gasteiger partial charge in [0, 0.05) is 13.1 Å². The molecule has 4 heteroatoms. The molecular weight excluding hydrogens is 360 g/mol. The number of amides is 2. The maximum Gasteiger partial charge on any atom is 0.282 e. The SMILES string of the molecule is CC1CCCN(C2=C(c3ccccc3)C(=O)N(c3ccc(C(C)C)cc3)C2=O)C1. The number of likely N-dealkylation sites (tertiary alicyclic amines) is 1. The van der Waals surface area contributed by atoms with Gasteiger partial charge < -0.3 is 4.90 Å². The van der Waals surface area contributed by atoms with E-state index in [1.54, 1.807) is 0 Å². The highest BCUT2D eigenvalue weighted by molar-refractivity contribution is 6.45. The zero-order chi connectivity index (χ0) is 20.5. The second-order valence-corrected chi connectivity index (χ2v) is 8.47. The lowest BCUT2D eigenvalue weighted by molar-refractivity contribution is -0.120. The minimum Gasteiger partial charge on any atom is -0.366 e. The predicted molar refractivity (Wildman–Crippen MR) is 116 cm³/mol. The Morgan fingerprint density at radius 3 is 2.24 bits per heavy atom. The number of hydrogen-bond acceptors (Lipinski definition) is 3. The molecule has 0 aliphatic carbocycles.